The van der Waals surface area contributed by atoms with Gasteiger partial charge in [0, 0.05) is 25.3 Å². The molecule has 1 aliphatic heterocycles. The SMILES string of the molecule is Cc1cc(C)cc(O[C@@H](C)C(=O)NCc2ccc(N3CCOCC3)cc2)c1. The predicted octanol–water partition coefficient (Wildman–Crippen LogP) is 3.22. The van der Waals surface area contributed by atoms with Crippen molar-refractivity contribution < 1.29 is 14.3 Å². The number of nitrogens with zero attached hydrogens (tertiary/aromatic N) is 1. The van der Waals surface area contributed by atoms with E-state index in [4.69, 9.17) is 9.47 Å². The standard InChI is InChI=1S/C22H28N2O3/c1-16-12-17(2)14-21(13-16)27-18(3)22(25)23-15-19-4-6-20(7-5-19)24-8-10-26-11-9-24/h4-7,12-14,18H,8-11,15H2,1-3H3,(H,23,25)/t18-/m0/s1. The summed E-state index contributed by atoms with van der Waals surface area (Å²) in [7, 11) is 0. The van der Waals surface area contributed by atoms with Gasteiger partial charge in [0.1, 0.15) is 5.75 Å². The molecule has 0 spiro atoms. The van der Waals surface area contributed by atoms with E-state index in [9.17, 15) is 4.79 Å². The molecule has 1 amide bonds. The van der Waals surface area contributed by atoms with Gasteiger partial charge in [0.2, 0.25) is 0 Å². The summed E-state index contributed by atoms with van der Waals surface area (Å²) in [6.07, 6.45) is -0.543. The first kappa shape index (κ1) is 19.2. The average molecular weight is 368 g/mol. The number of nitrogens with one attached hydrogen (secondary N) is 1. The molecule has 0 unspecified atom stereocenters. The van der Waals surface area contributed by atoms with Gasteiger partial charge in [0.25, 0.3) is 5.91 Å². The van der Waals surface area contributed by atoms with Crippen LogP contribution in [0.25, 0.3) is 0 Å². The normalized spacial score (nSPS) is 15.3. The summed E-state index contributed by atoms with van der Waals surface area (Å²) in [6, 6.07) is 14.3. The maximum atomic E-state index is 12.3. The minimum Gasteiger partial charge on any atom is -0.481 e. The van der Waals surface area contributed by atoms with Gasteiger partial charge in [-0.15, -0.1) is 0 Å². The molecule has 0 aromatic heterocycles. The molecule has 5 heteroatoms. The summed E-state index contributed by atoms with van der Waals surface area (Å²) in [5, 5.41) is 2.95. The van der Waals surface area contributed by atoms with Crippen molar-refractivity contribution in [3.05, 3.63) is 59.2 Å². The highest BCUT2D eigenvalue weighted by atomic mass is 16.5. The van der Waals surface area contributed by atoms with Crippen LogP contribution >= 0.6 is 0 Å². The third-order valence-electron chi connectivity index (χ3n) is 4.66. The first-order valence-electron chi connectivity index (χ1n) is 9.45. The molecule has 0 radical (unpaired) electrons. The number of anilines is 1. The highest BCUT2D eigenvalue weighted by Crippen LogP contribution is 2.18. The third kappa shape index (κ3) is 5.47. The Bertz CT molecular complexity index is 747. The summed E-state index contributed by atoms with van der Waals surface area (Å²) >= 11 is 0. The molecule has 27 heavy (non-hydrogen) atoms. The fraction of sp³-hybridized carbons (Fsp3) is 0.409. The van der Waals surface area contributed by atoms with Crippen LogP contribution in [0.4, 0.5) is 5.69 Å². The smallest absolute Gasteiger partial charge is 0.261 e. The Labute approximate surface area is 161 Å². The van der Waals surface area contributed by atoms with Crippen LogP contribution in [0.1, 0.15) is 23.6 Å². The molecule has 0 aliphatic carbocycles. The predicted molar refractivity (Wildman–Crippen MR) is 107 cm³/mol. The zero-order valence-electron chi connectivity index (χ0n) is 16.3. The first-order valence-corrected chi connectivity index (χ1v) is 9.45. The van der Waals surface area contributed by atoms with E-state index in [1.807, 2.05) is 26.0 Å². The lowest BCUT2D eigenvalue weighted by Gasteiger charge is -2.28. The molecule has 1 saturated heterocycles. The molecule has 144 valence electrons. The molecule has 5 nitrogen and oxygen atoms in total. The fourth-order valence-electron chi connectivity index (χ4n) is 3.24. The van der Waals surface area contributed by atoms with Crippen LogP contribution in [0.3, 0.4) is 0 Å². The molecule has 1 aliphatic rings. The van der Waals surface area contributed by atoms with Gasteiger partial charge in [-0.3, -0.25) is 4.79 Å². The Kier molecular flexibility index (Phi) is 6.35. The van der Waals surface area contributed by atoms with Gasteiger partial charge in [0.15, 0.2) is 6.10 Å². The molecule has 0 saturated carbocycles. The maximum Gasteiger partial charge on any atom is 0.261 e. The van der Waals surface area contributed by atoms with E-state index in [0.29, 0.717) is 6.54 Å². The number of hydrogen-bond donors (Lipinski definition) is 1. The number of aryl methyl sites for hydroxylation is 2. The van der Waals surface area contributed by atoms with Gasteiger partial charge < -0.3 is 19.7 Å². The van der Waals surface area contributed by atoms with Gasteiger partial charge >= 0.3 is 0 Å². The molecule has 1 N–H and O–H groups in total. The second-order valence-corrected chi connectivity index (χ2v) is 7.07. The third-order valence-corrected chi connectivity index (χ3v) is 4.66. The fourth-order valence-corrected chi connectivity index (χ4v) is 3.24. The Morgan fingerprint density at radius 2 is 1.74 bits per heavy atom. The molecular weight excluding hydrogens is 340 g/mol. The van der Waals surface area contributed by atoms with E-state index >= 15 is 0 Å². The van der Waals surface area contributed by atoms with E-state index in [0.717, 1.165) is 48.7 Å². The van der Waals surface area contributed by atoms with Crippen LogP contribution < -0.4 is 15.0 Å². The van der Waals surface area contributed by atoms with E-state index in [1.54, 1.807) is 6.92 Å². The van der Waals surface area contributed by atoms with E-state index in [1.165, 1.54) is 5.69 Å². The number of ether oxygens (including phenoxy) is 2. The molecule has 2 aromatic rings. The molecular formula is C22H28N2O3. The highest BCUT2D eigenvalue weighted by Gasteiger charge is 2.15. The van der Waals surface area contributed by atoms with Crippen molar-refractivity contribution in [2.45, 2.75) is 33.4 Å². The number of carbonyl (C=O) groups is 1. The topological polar surface area (TPSA) is 50.8 Å². The van der Waals surface area contributed by atoms with E-state index < -0.39 is 6.10 Å². The van der Waals surface area contributed by atoms with Crippen LogP contribution in [0.15, 0.2) is 42.5 Å². The Morgan fingerprint density at radius 1 is 1.11 bits per heavy atom. The van der Waals surface area contributed by atoms with Gasteiger partial charge in [-0.2, -0.15) is 0 Å². The van der Waals surface area contributed by atoms with Crippen molar-refractivity contribution in [3.8, 4) is 5.75 Å². The summed E-state index contributed by atoms with van der Waals surface area (Å²) < 4.78 is 11.2. The first-order chi connectivity index (χ1) is 13.0. The van der Waals surface area contributed by atoms with Crippen LogP contribution in [0.2, 0.25) is 0 Å². The summed E-state index contributed by atoms with van der Waals surface area (Å²) in [5.74, 6) is 0.608. The summed E-state index contributed by atoms with van der Waals surface area (Å²) in [4.78, 5) is 14.7. The summed E-state index contributed by atoms with van der Waals surface area (Å²) in [6.45, 7) is 9.69. The van der Waals surface area contributed by atoms with Crippen LogP contribution in [0, 0.1) is 13.8 Å². The lowest BCUT2D eigenvalue weighted by Crippen LogP contribution is -2.36. The number of morpholine rings is 1. The van der Waals surface area contributed by atoms with Crippen molar-refractivity contribution in [1.29, 1.82) is 0 Å². The molecule has 1 atom stereocenters. The molecule has 3 rings (SSSR count). The second kappa shape index (κ2) is 8.91. The minimum absolute atomic E-state index is 0.119. The van der Waals surface area contributed by atoms with E-state index in [-0.39, 0.29) is 5.91 Å². The number of carbonyl (C=O) groups excluding carboxylic acids is 1. The number of benzene rings is 2. The largest absolute Gasteiger partial charge is 0.481 e. The average Bonchev–Trinajstić information content (AvgIpc) is 2.66. The Hall–Kier alpha value is -2.53. The maximum absolute atomic E-state index is 12.3. The van der Waals surface area contributed by atoms with Crippen molar-refractivity contribution in [2.75, 3.05) is 31.2 Å². The Balaban J connectivity index is 1.50. The van der Waals surface area contributed by atoms with Crippen LogP contribution in [-0.4, -0.2) is 38.3 Å². The minimum atomic E-state index is -0.543. The summed E-state index contributed by atoms with van der Waals surface area (Å²) in [5.41, 5.74) is 4.51. The van der Waals surface area contributed by atoms with Crippen molar-refractivity contribution in [2.24, 2.45) is 0 Å². The number of hydrogen-bond acceptors (Lipinski definition) is 4. The molecule has 2 aromatic carbocycles. The zero-order chi connectivity index (χ0) is 19.2. The lowest BCUT2D eigenvalue weighted by molar-refractivity contribution is -0.127. The second-order valence-electron chi connectivity index (χ2n) is 7.07. The van der Waals surface area contributed by atoms with E-state index in [2.05, 4.69) is 40.5 Å². The van der Waals surface area contributed by atoms with Crippen LogP contribution in [-0.2, 0) is 16.1 Å². The highest BCUT2D eigenvalue weighted by molar-refractivity contribution is 5.80. The molecule has 1 fully saturated rings. The molecule has 1 heterocycles. The molecule has 0 bridgehead atoms. The van der Waals surface area contributed by atoms with Gasteiger partial charge in [-0.05, 0) is 61.7 Å². The van der Waals surface area contributed by atoms with Crippen LogP contribution in [0.5, 0.6) is 5.75 Å². The quantitative estimate of drug-likeness (QED) is 0.851. The van der Waals surface area contributed by atoms with Crippen molar-refractivity contribution in [1.82, 2.24) is 5.32 Å². The monoisotopic (exact) mass is 368 g/mol. The van der Waals surface area contributed by atoms with Gasteiger partial charge in [-0.25, -0.2) is 0 Å². The zero-order valence-corrected chi connectivity index (χ0v) is 16.3. The van der Waals surface area contributed by atoms with Gasteiger partial charge in [0.05, 0.1) is 13.2 Å². The van der Waals surface area contributed by atoms with Crippen molar-refractivity contribution in [3.63, 3.8) is 0 Å². The number of rotatable bonds is 6. The Morgan fingerprint density at radius 3 is 2.37 bits per heavy atom. The lowest BCUT2D eigenvalue weighted by atomic mass is 10.1. The van der Waals surface area contributed by atoms with Crippen molar-refractivity contribution >= 4 is 11.6 Å². The van der Waals surface area contributed by atoms with Gasteiger partial charge in [-0.1, -0.05) is 18.2 Å². The number of amides is 1.